The van der Waals surface area contributed by atoms with Gasteiger partial charge in [0.1, 0.15) is 0 Å². The maximum atomic E-state index is 8.92. The maximum absolute atomic E-state index is 8.92. The quantitative estimate of drug-likeness (QED) is 0.698. The predicted molar refractivity (Wildman–Crippen MR) is 51.7 cm³/mol. The minimum Gasteiger partial charge on any atom is -0.315 e. The Morgan fingerprint density at radius 1 is 1.42 bits per heavy atom. The van der Waals surface area contributed by atoms with Gasteiger partial charge in [0.25, 0.3) is 0 Å². The number of nitriles is 1. The number of hydrogen-bond acceptors (Lipinski definition) is 2. The minimum absolute atomic E-state index is 0.265. The van der Waals surface area contributed by atoms with Gasteiger partial charge in [0, 0.05) is 6.04 Å². The van der Waals surface area contributed by atoms with Gasteiger partial charge in [-0.1, -0.05) is 13.8 Å². The van der Waals surface area contributed by atoms with Crippen LogP contribution in [0.1, 0.15) is 34.1 Å². The molecule has 2 nitrogen and oxygen atoms in total. The molecule has 0 rings (SSSR count). The van der Waals surface area contributed by atoms with Crippen LogP contribution in [0.3, 0.4) is 0 Å². The molecule has 0 aromatic heterocycles. The van der Waals surface area contributed by atoms with Crippen molar-refractivity contribution in [3.05, 3.63) is 0 Å². The Morgan fingerprint density at radius 2 is 1.92 bits per heavy atom. The van der Waals surface area contributed by atoms with Gasteiger partial charge in [0.15, 0.2) is 0 Å². The van der Waals surface area contributed by atoms with Crippen LogP contribution >= 0.6 is 0 Å². The highest BCUT2D eigenvalue weighted by Crippen LogP contribution is 2.24. The Kier molecular flexibility index (Phi) is 4.26. The van der Waals surface area contributed by atoms with Gasteiger partial charge in [0.05, 0.1) is 11.5 Å². The predicted octanol–water partition coefficient (Wildman–Crippen LogP) is 2.17. The summed E-state index contributed by atoms with van der Waals surface area (Å²) in [7, 11) is 1.92. The summed E-state index contributed by atoms with van der Waals surface area (Å²) in [6.07, 6.45) is 1.05. The highest BCUT2D eigenvalue weighted by atomic mass is 14.9. The summed E-state index contributed by atoms with van der Waals surface area (Å²) in [6.45, 7) is 8.32. The zero-order chi connectivity index (χ0) is 9.78. The first kappa shape index (κ1) is 11.4. The third-order valence-corrected chi connectivity index (χ3v) is 2.21. The molecule has 0 aromatic rings. The molecule has 0 aliphatic rings. The van der Waals surface area contributed by atoms with Crippen molar-refractivity contribution < 1.29 is 0 Å². The lowest BCUT2D eigenvalue weighted by molar-refractivity contribution is 0.289. The Hall–Kier alpha value is -0.550. The van der Waals surface area contributed by atoms with Gasteiger partial charge >= 0.3 is 0 Å². The average Bonchev–Trinajstić information content (AvgIpc) is 1.99. The summed E-state index contributed by atoms with van der Waals surface area (Å²) in [4.78, 5) is 0. The zero-order valence-electron chi connectivity index (χ0n) is 8.81. The molecule has 12 heavy (non-hydrogen) atoms. The molecule has 0 amide bonds. The fraction of sp³-hybridized carbons (Fsp3) is 0.900. The van der Waals surface area contributed by atoms with Crippen LogP contribution in [0.5, 0.6) is 0 Å². The molecule has 1 N–H and O–H groups in total. The third-order valence-electron chi connectivity index (χ3n) is 2.21. The summed E-state index contributed by atoms with van der Waals surface area (Å²) in [5.41, 5.74) is -0.265. The Morgan fingerprint density at radius 3 is 2.17 bits per heavy atom. The normalized spacial score (nSPS) is 14.4. The number of nitrogens with zero attached hydrogens (tertiary/aromatic N) is 1. The van der Waals surface area contributed by atoms with E-state index in [-0.39, 0.29) is 5.41 Å². The SMILES string of the molecule is CNC(CC(C)C)C(C)(C)C#N. The highest BCUT2D eigenvalue weighted by Gasteiger charge is 2.28. The van der Waals surface area contributed by atoms with Gasteiger partial charge in [-0.05, 0) is 33.2 Å². The minimum atomic E-state index is -0.265. The fourth-order valence-electron chi connectivity index (χ4n) is 1.32. The lowest BCUT2D eigenvalue weighted by Crippen LogP contribution is -2.39. The molecule has 1 atom stereocenters. The monoisotopic (exact) mass is 168 g/mol. The summed E-state index contributed by atoms with van der Waals surface area (Å²) >= 11 is 0. The van der Waals surface area contributed by atoms with Crippen LogP contribution in [-0.2, 0) is 0 Å². The lowest BCUT2D eigenvalue weighted by atomic mass is 9.81. The van der Waals surface area contributed by atoms with Crippen LogP contribution < -0.4 is 5.32 Å². The van der Waals surface area contributed by atoms with Crippen molar-refractivity contribution in [2.24, 2.45) is 11.3 Å². The van der Waals surface area contributed by atoms with Crippen molar-refractivity contribution in [1.82, 2.24) is 5.32 Å². The van der Waals surface area contributed by atoms with Gasteiger partial charge < -0.3 is 5.32 Å². The standard InChI is InChI=1S/C10H20N2/c1-8(2)6-9(12-5)10(3,4)7-11/h8-9,12H,6H2,1-5H3. The molecule has 0 saturated carbocycles. The summed E-state index contributed by atoms with van der Waals surface area (Å²) in [5.74, 6) is 0.634. The van der Waals surface area contributed by atoms with E-state index in [9.17, 15) is 0 Å². The van der Waals surface area contributed by atoms with E-state index >= 15 is 0 Å². The van der Waals surface area contributed by atoms with Crippen molar-refractivity contribution in [2.45, 2.75) is 40.2 Å². The van der Waals surface area contributed by atoms with Gasteiger partial charge in [-0.25, -0.2) is 0 Å². The largest absolute Gasteiger partial charge is 0.315 e. The smallest absolute Gasteiger partial charge is 0.0700 e. The Labute approximate surface area is 76.0 Å². The molecular formula is C10H20N2. The van der Waals surface area contributed by atoms with Gasteiger partial charge in [0.2, 0.25) is 0 Å². The first-order valence-electron chi connectivity index (χ1n) is 4.52. The van der Waals surface area contributed by atoms with Gasteiger partial charge in [-0.15, -0.1) is 0 Å². The molecule has 0 fully saturated rings. The molecule has 0 saturated heterocycles. The van der Waals surface area contributed by atoms with Crippen LogP contribution in [-0.4, -0.2) is 13.1 Å². The molecular weight excluding hydrogens is 148 g/mol. The Bertz CT molecular complexity index is 165. The average molecular weight is 168 g/mol. The summed E-state index contributed by atoms with van der Waals surface area (Å²) in [5, 5.41) is 12.1. The molecule has 2 heteroatoms. The summed E-state index contributed by atoms with van der Waals surface area (Å²) < 4.78 is 0. The van der Waals surface area contributed by atoms with Crippen molar-refractivity contribution in [3.63, 3.8) is 0 Å². The second kappa shape index (κ2) is 4.47. The van der Waals surface area contributed by atoms with Gasteiger partial charge in [-0.2, -0.15) is 5.26 Å². The van der Waals surface area contributed by atoms with Gasteiger partial charge in [-0.3, -0.25) is 0 Å². The van der Waals surface area contributed by atoms with E-state index < -0.39 is 0 Å². The number of nitrogens with one attached hydrogen (secondary N) is 1. The molecule has 0 heterocycles. The first-order chi connectivity index (χ1) is 5.44. The van der Waals surface area contributed by atoms with Crippen LogP contribution in [0.15, 0.2) is 0 Å². The molecule has 1 unspecified atom stereocenters. The third kappa shape index (κ3) is 3.23. The topological polar surface area (TPSA) is 35.8 Å². The first-order valence-corrected chi connectivity index (χ1v) is 4.52. The molecule has 70 valence electrons. The van der Waals surface area contributed by atoms with E-state index in [1.54, 1.807) is 0 Å². The van der Waals surface area contributed by atoms with Crippen LogP contribution in [0.4, 0.5) is 0 Å². The molecule has 0 bridgehead atoms. The van der Waals surface area contributed by atoms with Crippen LogP contribution in [0, 0.1) is 22.7 Å². The van der Waals surface area contributed by atoms with Crippen LogP contribution in [0.2, 0.25) is 0 Å². The van der Waals surface area contributed by atoms with E-state index in [2.05, 4.69) is 25.2 Å². The molecule has 0 aliphatic heterocycles. The van der Waals surface area contributed by atoms with Crippen molar-refractivity contribution in [2.75, 3.05) is 7.05 Å². The molecule has 0 radical (unpaired) electrons. The highest BCUT2D eigenvalue weighted by molar-refractivity contribution is 5.00. The summed E-state index contributed by atoms with van der Waals surface area (Å²) in [6, 6.07) is 2.63. The zero-order valence-corrected chi connectivity index (χ0v) is 8.81. The Balaban J connectivity index is 4.26. The van der Waals surface area contributed by atoms with E-state index in [4.69, 9.17) is 5.26 Å². The lowest BCUT2D eigenvalue weighted by Gasteiger charge is -2.29. The van der Waals surface area contributed by atoms with Crippen LogP contribution in [0.25, 0.3) is 0 Å². The van der Waals surface area contributed by atoms with E-state index in [0.29, 0.717) is 12.0 Å². The molecule has 0 aromatic carbocycles. The van der Waals surface area contributed by atoms with Crippen molar-refractivity contribution in [3.8, 4) is 6.07 Å². The number of rotatable bonds is 4. The molecule has 0 aliphatic carbocycles. The van der Waals surface area contributed by atoms with E-state index in [1.807, 2.05) is 20.9 Å². The van der Waals surface area contributed by atoms with E-state index in [1.165, 1.54) is 0 Å². The van der Waals surface area contributed by atoms with Crippen molar-refractivity contribution in [1.29, 1.82) is 5.26 Å². The second-order valence-electron chi connectivity index (χ2n) is 4.30. The fourth-order valence-corrected chi connectivity index (χ4v) is 1.32. The molecule has 0 spiro atoms. The second-order valence-corrected chi connectivity index (χ2v) is 4.30. The maximum Gasteiger partial charge on any atom is 0.0700 e. The number of hydrogen-bond donors (Lipinski definition) is 1. The van der Waals surface area contributed by atoms with Crippen molar-refractivity contribution >= 4 is 0 Å². The van der Waals surface area contributed by atoms with E-state index in [0.717, 1.165) is 6.42 Å².